The van der Waals surface area contributed by atoms with Crippen LogP contribution >= 0.6 is 0 Å². The Labute approximate surface area is 139 Å². The number of hydrogen-bond acceptors (Lipinski definition) is 2. The van der Waals surface area contributed by atoms with Crippen LogP contribution in [0, 0.1) is 0 Å². The van der Waals surface area contributed by atoms with E-state index in [0.717, 1.165) is 32.4 Å². The van der Waals surface area contributed by atoms with Crippen molar-refractivity contribution in [2.45, 2.75) is 63.5 Å². The fourth-order valence-corrected chi connectivity index (χ4v) is 4.90. The van der Waals surface area contributed by atoms with Crippen LogP contribution in [0.4, 0.5) is 0 Å². The van der Waals surface area contributed by atoms with Crippen molar-refractivity contribution >= 4 is 5.91 Å². The van der Waals surface area contributed by atoms with Gasteiger partial charge in [0.15, 0.2) is 0 Å². The monoisotopic (exact) mass is 312 g/mol. The predicted molar refractivity (Wildman–Crippen MR) is 92.3 cm³/mol. The number of fused-ring (bicyclic) bond motifs is 1. The Balaban J connectivity index is 1.42. The SMILES string of the molecule is CN1C(=O)CC[C@]12CCCN(Cc1ccc3c(c1)CCC3)CC2. The molecule has 1 spiro atoms. The molecule has 0 aromatic heterocycles. The lowest BCUT2D eigenvalue weighted by molar-refractivity contribution is -0.129. The highest BCUT2D eigenvalue weighted by atomic mass is 16.2. The Bertz CT molecular complexity index is 612. The number of hydrogen-bond donors (Lipinski definition) is 0. The first-order valence-corrected chi connectivity index (χ1v) is 9.26. The number of carbonyl (C=O) groups excluding carboxylic acids is 1. The minimum absolute atomic E-state index is 0.157. The van der Waals surface area contributed by atoms with Gasteiger partial charge in [0, 0.05) is 32.1 Å². The van der Waals surface area contributed by atoms with Gasteiger partial charge in [-0.2, -0.15) is 0 Å². The number of carbonyl (C=O) groups is 1. The fourth-order valence-electron chi connectivity index (χ4n) is 4.90. The van der Waals surface area contributed by atoms with E-state index in [9.17, 15) is 4.79 Å². The quantitative estimate of drug-likeness (QED) is 0.837. The van der Waals surface area contributed by atoms with Gasteiger partial charge in [0.1, 0.15) is 0 Å². The summed E-state index contributed by atoms with van der Waals surface area (Å²) in [4.78, 5) is 16.6. The third-order valence-electron chi connectivity index (χ3n) is 6.47. The first-order chi connectivity index (χ1) is 11.2. The third-order valence-corrected chi connectivity index (χ3v) is 6.47. The van der Waals surface area contributed by atoms with Gasteiger partial charge in [-0.05, 0) is 68.2 Å². The number of amides is 1. The number of nitrogens with zero attached hydrogens (tertiary/aromatic N) is 2. The molecule has 3 aliphatic rings. The molecule has 0 unspecified atom stereocenters. The van der Waals surface area contributed by atoms with Crippen LogP contribution in [0.3, 0.4) is 0 Å². The molecule has 1 atom stereocenters. The van der Waals surface area contributed by atoms with Crippen molar-refractivity contribution in [1.29, 1.82) is 0 Å². The summed E-state index contributed by atoms with van der Waals surface area (Å²) in [5.74, 6) is 0.345. The van der Waals surface area contributed by atoms with E-state index in [1.165, 1.54) is 44.2 Å². The second-order valence-corrected chi connectivity index (χ2v) is 7.76. The minimum atomic E-state index is 0.157. The van der Waals surface area contributed by atoms with Crippen molar-refractivity contribution in [3.05, 3.63) is 34.9 Å². The molecule has 2 aliphatic heterocycles. The molecule has 0 bridgehead atoms. The van der Waals surface area contributed by atoms with E-state index in [4.69, 9.17) is 0 Å². The van der Waals surface area contributed by atoms with Gasteiger partial charge in [0.05, 0.1) is 0 Å². The zero-order valence-electron chi connectivity index (χ0n) is 14.3. The second-order valence-electron chi connectivity index (χ2n) is 7.76. The average Bonchev–Trinajstić information content (AvgIpc) is 3.05. The Hall–Kier alpha value is -1.35. The van der Waals surface area contributed by atoms with Gasteiger partial charge in [-0.15, -0.1) is 0 Å². The van der Waals surface area contributed by atoms with Crippen LogP contribution in [-0.4, -0.2) is 41.4 Å². The molecule has 1 amide bonds. The normalized spacial score (nSPS) is 28.4. The van der Waals surface area contributed by atoms with Gasteiger partial charge < -0.3 is 4.90 Å². The molecule has 2 heterocycles. The molecule has 0 radical (unpaired) electrons. The van der Waals surface area contributed by atoms with E-state index < -0.39 is 0 Å². The van der Waals surface area contributed by atoms with Gasteiger partial charge >= 0.3 is 0 Å². The smallest absolute Gasteiger partial charge is 0.222 e. The molecule has 0 N–H and O–H groups in total. The van der Waals surface area contributed by atoms with E-state index in [2.05, 4.69) is 28.0 Å². The third kappa shape index (κ3) is 2.80. The maximum Gasteiger partial charge on any atom is 0.222 e. The summed E-state index contributed by atoms with van der Waals surface area (Å²) < 4.78 is 0. The lowest BCUT2D eigenvalue weighted by Crippen LogP contribution is -2.43. The average molecular weight is 312 g/mol. The standard InChI is InChI=1S/C20H28N2O/c1-21-19(23)8-10-20(21)9-3-12-22(13-11-20)15-16-6-7-17-4-2-5-18(17)14-16/h6-7,14H,2-5,8-13,15H2,1H3/t20-/m0/s1. The van der Waals surface area contributed by atoms with Crippen LogP contribution in [0.5, 0.6) is 0 Å². The van der Waals surface area contributed by atoms with Crippen LogP contribution in [0.2, 0.25) is 0 Å². The van der Waals surface area contributed by atoms with Gasteiger partial charge in [-0.25, -0.2) is 0 Å². The molecule has 124 valence electrons. The summed E-state index contributed by atoms with van der Waals surface area (Å²) in [5, 5.41) is 0. The zero-order valence-corrected chi connectivity index (χ0v) is 14.3. The van der Waals surface area contributed by atoms with Crippen LogP contribution in [0.25, 0.3) is 0 Å². The van der Waals surface area contributed by atoms with Crippen molar-refractivity contribution in [2.75, 3.05) is 20.1 Å². The van der Waals surface area contributed by atoms with Crippen molar-refractivity contribution < 1.29 is 4.79 Å². The van der Waals surface area contributed by atoms with Crippen molar-refractivity contribution in [3.63, 3.8) is 0 Å². The van der Waals surface area contributed by atoms with E-state index in [1.807, 2.05) is 7.05 Å². The predicted octanol–water partition coefficient (Wildman–Crippen LogP) is 3.15. The van der Waals surface area contributed by atoms with Crippen molar-refractivity contribution in [1.82, 2.24) is 9.80 Å². The molecule has 1 aliphatic carbocycles. The first-order valence-electron chi connectivity index (χ1n) is 9.26. The highest BCUT2D eigenvalue weighted by molar-refractivity contribution is 5.79. The summed E-state index contributed by atoms with van der Waals surface area (Å²) in [5.41, 5.74) is 4.77. The molecular formula is C20H28N2O. The summed E-state index contributed by atoms with van der Waals surface area (Å²) in [7, 11) is 2.02. The Kier molecular flexibility index (Phi) is 3.92. The Morgan fingerprint density at radius 2 is 1.87 bits per heavy atom. The molecule has 23 heavy (non-hydrogen) atoms. The van der Waals surface area contributed by atoms with E-state index in [1.54, 1.807) is 11.1 Å². The number of aryl methyl sites for hydroxylation is 2. The number of likely N-dealkylation sites (tertiary alicyclic amines) is 2. The molecule has 2 saturated heterocycles. The molecule has 1 aromatic carbocycles. The van der Waals surface area contributed by atoms with Crippen LogP contribution in [-0.2, 0) is 24.2 Å². The second kappa shape index (κ2) is 5.94. The van der Waals surface area contributed by atoms with Gasteiger partial charge in [-0.1, -0.05) is 18.2 Å². The van der Waals surface area contributed by atoms with E-state index in [0.29, 0.717) is 5.91 Å². The Morgan fingerprint density at radius 3 is 2.70 bits per heavy atom. The van der Waals surface area contributed by atoms with Gasteiger partial charge in [-0.3, -0.25) is 9.69 Å². The van der Waals surface area contributed by atoms with Gasteiger partial charge in [0.2, 0.25) is 5.91 Å². The van der Waals surface area contributed by atoms with Crippen LogP contribution in [0.15, 0.2) is 18.2 Å². The first kappa shape index (κ1) is 15.2. The van der Waals surface area contributed by atoms with E-state index >= 15 is 0 Å². The molecular weight excluding hydrogens is 284 g/mol. The summed E-state index contributed by atoms with van der Waals surface area (Å²) in [6.07, 6.45) is 9.20. The highest BCUT2D eigenvalue weighted by Crippen LogP contribution is 2.38. The summed E-state index contributed by atoms with van der Waals surface area (Å²) in [6.45, 7) is 3.36. The molecule has 2 fully saturated rings. The maximum absolute atomic E-state index is 12.0. The maximum atomic E-state index is 12.0. The molecule has 3 nitrogen and oxygen atoms in total. The largest absolute Gasteiger partial charge is 0.340 e. The van der Waals surface area contributed by atoms with Gasteiger partial charge in [0.25, 0.3) is 0 Å². The number of rotatable bonds is 2. The van der Waals surface area contributed by atoms with Crippen molar-refractivity contribution in [2.24, 2.45) is 0 Å². The lowest BCUT2D eigenvalue weighted by Gasteiger charge is -2.35. The molecule has 1 aromatic rings. The summed E-state index contributed by atoms with van der Waals surface area (Å²) >= 11 is 0. The fraction of sp³-hybridized carbons (Fsp3) is 0.650. The van der Waals surface area contributed by atoms with E-state index in [-0.39, 0.29) is 5.54 Å². The van der Waals surface area contributed by atoms with Crippen LogP contribution in [0.1, 0.15) is 55.2 Å². The summed E-state index contributed by atoms with van der Waals surface area (Å²) in [6, 6.07) is 7.12. The van der Waals surface area contributed by atoms with Crippen molar-refractivity contribution in [3.8, 4) is 0 Å². The lowest BCUT2D eigenvalue weighted by atomic mass is 9.88. The zero-order chi connectivity index (χ0) is 15.9. The molecule has 3 heteroatoms. The number of benzene rings is 1. The molecule has 0 saturated carbocycles. The molecule has 4 rings (SSSR count). The Morgan fingerprint density at radius 1 is 1.00 bits per heavy atom. The van der Waals surface area contributed by atoms with Crippen LogP contribution < -0.4 is 0 Å². The minimum Gasteiger partial charge on any atom is -0.340 e. The topological polar surface area (TPSA) is 23.6 Å². The highest BCUT2D eigenvalue weighted by Gasteiger charge is 2.43.